The number of rotatable bonds is 7. The molecule has 1 nitrogen and oxygen atoms in total. The van der Waals surface area contributed by atoms with Gasteiger partial charge in [0.2, 0.25) is 0 Å². The first kappa shape index (κ1) is 13.1. The molecule has 0 aromatic rings. The van der Waals surface area contributed by atoms with Crippen LogP contribution in [0.15, 0.2) is 0 Å². The van der Waals surface area contributed by atoms with Crippen LogP contribution in [0.2, 0.25) is 18.1 Å². The van der Waals surface area contributed by atoms with Crippen molar-refractivity contribution in [2.75, 3.05) is 0 Å². The maximum absolute atomic E-state index is 5.89. The zero-order chi connectivity index (χ0) is 9.45. The van der Waals surface area contributed by atoms with Crippen LogP contribution in [-0.2, 0) is 27.7 Å². The fourth-order valence-corrected chi connectivity index (χ4v) is 7.94. The molecular formula is C9H21OSiZr. The van der Waals surface area contributed by atoms with Crippen LogP contribution in [0, 0.1) is 0 Å². The Morgan fingerprint density at radius 3 is 1.42 bits per heavy atom. The monoisotopic (exact) mass is 263 g/mol. The third kappa shape index (κ3) is 4.34. The molecule has 12 heavy (non-hydrogen) atoms. The molecule has 71 valence electrons. The molecule has 0 aliphatic carbocycles. The summed E-state index contributed by atoms with van der Waals surface area (Å²) in [5, 5.41) is 0. The Morgan fingerprint density at radius 2 is 1.25 bits per heavy atom. The SMILES string of the molecule is CCC[Si](CCC)(CCC)[O][Zr]. The van der Waals surface area contributed by atoms with Crippen LogP contribution in [0.3, 0.4) is 0 Å². The van der Waals surface area contributed by atoms with E-state index in [0.717, 1.165) is 0 Å². The van der Waals surface area contributed by atoms with E-state index in [2.05, 4.69) is 20.8 Å². The Kier molecular flexibility index (Phi) is 8.12. The zero-order valence-electron chi connectivity index (χ0n) is 8.65. The van der Waals surface area contributed by atoms with Crippen molar-refractivity contribution >= 4 is 8.32 Å². The summed E-state index contributed by atoms with van der Waals surface area (Å²) in [5.41, 5.74) is 0. The van der Waals surface area contributed by atoms with Crippen LogP contribution in [0.25, 0.3) is 0 Å². The van der Waals surface area contributed by atoms with Gasteiger partial charge in [-0.1, -0.05) is 0 Å². The summed E-state index contributed by atoms with van der Waals surface area (Å²) in [7, 11) is -1.23. The Hall–Kier alpha value is 1.06. The molecule has 0 radical (unpaired) electrons. The molecule has 0 rings (SSSR count). The van der Waals surface area contributed by atoms with Gasteiger partial charge in [-0.2, -0.15) is 0 Å². The van der Waals surface area contributed by atoms with Gasteiger partial charge >= 0.3 is 94.1 Å². The second-order valence-corrected chi connectivity index (χ2v) is 9.11. The molecule has 0 unspecified atom stereocenters. The average Bonchev–Trinajstić information content (AvgIpc) is 2.06. The Balaban J connectivity index is 4.06. The van der Waals surface area contributed by atoms with Gasteiger partial charge < -0.3 is 0 Å². The first-order valence-electron chi connectivity index (χ1n) is 5.09. The van der Waals surface area contributed by atoms with Gasteiger partial charge in [-0.15, -0.1) is 0 Å². The van der Waals surface area contributed by atoms with E-state index in [1.807, 2.05) is 0 Å². The molecule has 0 bridgehead atoms. The van der Waals surface area contributed by atoms with Crippen LogP contribution >= 0.6 is 0 Å². The fraction of sp³-hybridized carbons (Fsp3) is 1.00. The zero-order valence-corrected chi connectivity index (χ0v) is 12.1. The third-order valence-corrected chi connectivity index (χ3v) is 10.2. The van der Waals surface area contributed by atoms with Crippen LogP contribution in [0.5, 0.6) is 0 Å². The molecule has 0 aromatic carbocycles. The summed E-state index contributed by atoms with van der Waals surface area (Å²) in [6.07, 6.45) is 3.92. The van der Waals surface area contributed by atoms with Crippen molar-refractivity contribution in [3.8, 4) is 0 Å². The second-order valence-electron chi connectivity index (χ2n) is 3.54. The van der Waals surface area contributed by atoms with Gasteiger partial charge in [0.05, 0.1) is 0 Å². The molecule has 3 heteroatoms. The number of hydrogen-bond donors (Lipinski definition) is 0. The van der Waals surface area contributed by atoms with Crippen molar-refractivity contribution in [2.45, 2.75) is 58.2 Å². The Bertz CT molecular complexity index is 91.7. The fourth-order valence-electron chi connectivity index (χ4n) is 1.89. The van der Waals surface area contributed by atoms with Crippen molar-refractivity contribution in [3.05, 3.63) is 0 Å². The predicted molar refractivity (Wildman–Crippen MR) is 52.1 cm³/mol. The molecule has 0 fully saturated rings. The van der Waals surface area contributed by atoms with E-state index in [1.165, 1.54) is 62.6 Å². The summed E-state index contributed by atoms with van der Waals surface area (Å²) in [6, 6.07) is 4.12. The third-order valence-electron chi connectivity index (χ3n) is 2.33. The predicted octanol–water partition coefficient (Wildman–Crippen LogP) is 3.64. The summed E-state index contributed by atoms with van der Waals surface area (Å²) >= 11 is 1.29. The molecule has 0 aromatic heterocycles. The van der Waals surface area contributed by atoms with Gasteiger partial charge in [0.1, 0.15) is 0 Å². The standard InChI is InChI=1S/C9H21OSi.Zr/c1-4-7-11(10,8-5-2)9-6-3;/h4-9H2,1-3H3;/q-1;+1. The van der Waals surface area contributed by atoms with Gasteiger partial charge in [0, 0.05) is 0 Å². The maximum atomic E-state index is 5.89. The normalized spacial score (nSPS) is 11.8. The van der Waals surface area contributed by atoms with E-state index >= 15 is 0 Å². The van der Waals surface area contributed by atoms with Gasteiger partial charge in [0.15, 0.2) is 0 Å². The molecular weight excluding hydrogens is 243 g/mol. The van der Waals surface area contributed by atoms with Crippen LogP contribution in [0.1, 0.15) is 40.0 Å². The summed E-state index contributed by atoms with van der Waals surface area (Å²) < 4.78 is 5.89. The van der Waals surface area contributed by atoms with Gasteiger partial charge in [-0.3, -0.25) is 0 Å². The molecule has 0 spiro atoms. The summed E-state index contributed by atoms with van der Waals surface area (Å²) in [5.74, 6) is 0. The first-order valence-corrected chi connectivity index (χ1v) is 8.62. The minimum absolute atomic E-state index is 1.23. The molecule has 0 N–H and O–H groups in total. The van der Waals surface area contributed by atoms with E-state index in [4.69, 9.17) is 2.50 Å². The van der Waals surface area contributed by atoms with Crippen LogP contribution in [0.4, 0.5) is 0 Å². The van der Waals surface area contributed by atoms with E-state index < -0.39 is 8.32 Å². The van der Waals surface area contributed by atoms with Gasteiger partial charge in [-0.05, 0) is 0 Å². The molecule has 0 heterocycles. The van der Waals surface area contributed by atoms with Crippen molar-refractivity contribution in [2.24, 2.45) is 0 Å². The molecule has 0 amide bonds. The quantitative estimate of drug-likeness (QED) is 0.638. The Morgan fingerprint density at radius 1 is 0.917 bits per heavy atom. The van der Waals surface area contributed by atoms with Gasteiger partial charge in [-0.25, -0.2) is 0 Å². The summed E-state index contributed by atoms with van der Waals surface area (Å²) in [6.45, 7) is 6.84. The Labute approximate surface area is 93.9 Å². The van der Waals surface area contributed by atoms with Crippen molar-refractivity contribution in [1.29, 1.82) is 0 Å². The van der Waals surface area contributed by atoms with Crippen molar-refractivity contribution in [3.63, 3.8) is 0 Å². The second kappa shape index (κ2) is 7.46. The van der Waals surface area contributed by atoms with E-state index in [-0.39, 0.29) is 0 Å². The van der Waals surface area contributed by atoms with Gasteiger partial charge in [0.25, 0.3) is 0 Å². The van der Waals surface area contributed by atoms with Crippen molar-refractivity contribution < 1.29 is 27.7 Å². The molecule has 0 atom stereocenters. The first-order chi connectivity index (χ1) is 5.74. The minimum atomic E-state index is -1.23. The molecule has 0 aliphatic heterocycles. The summed E-state index contributed by atoms with van der Waals surface area (Å²) in [4.78, 5) is 0. The van der Waals surface area contributed by atoms with E-state index in [0.29, 0.717) is 0 Å². The van der Waals surface area contributed by atoms with Crippen LogP contribution < -0.4 is 0 Å². The van der Waals surface area contributed by atoms with Crippen LogP contribution in [-0.4, -0.2) is 8.32 Å². The van der Waals surface area contributed by atoms with E-state index in [1.54, 1.807) is 0 Å². The topological polar surface area (TPSA) is 9.23 Å². The molecule has 0 saturated carbocycles. The average molecular weight is 265 g/mol. The molecule has 0 aliphatic rings. The molecule has 0 saturated heterocycles. The van der Waals surface area contributed by atoms with Crippen molar-refractivity contribution in [1.82, 2.24) is 0 Å². The number of hydrogen-bond acceptors (Lipinski definition) is 1. The van der Waals surface area contributed by atoms with E-state index in [9.17, 15) is 0 Å².